The number of hydrogen-bond acceptors (Lipinski definition) is 5. The maximum absolute atomic E-state index is 14.1. The van der Waals surface area contributed by atoms with Gasteiger partial charge in [0, 0.05) is 30.0 Å². The summed E-state index contributed by atoms with van der Waals surface area (Å²) in [6.45, 7) is -0.651. The molecule has 0 spiro atoms. The summed E-state index contributed by atoms with van der Waals surface area (Å²) in [5.74, 6) is -0.802. The number of benzene rings is 5. The Balaban J connectivity index is 1.28. The van der Waals surface area contributed by atoms with Crippen molar-refractivity contribution in [2.24, 2.45) is 0 Å². The first-order valence-electron chi connectivity index (χ1n) is 14.6. The van der Waals surface area contributed by atoms with E-state index in [4.69, 9.17) is 11.6 Å². The fourth-order valence-corrected chi connectivity index (χ4v) is 7.48. The van der Waals surface area contributed by atoms with E-state index in [-0.39, 0.29) is 34.5 Å². The third-order valence-electron chi connectivity index (χ3n) is 7.93. The van der Waals surface area contributed by atoms with Gasteiger partial charge in [0.25, 0.3) is 11.8 Å². The van der Waals surface area contributed by atoms with Crippen molar-refractivity contribution in [3.05, 3.63) is 149 Å². The molecule has 0 fully saturated rings. The van der Waals surface area contributed by atoms with E-state index in [2.05, 4.69) is 5.32 Å². The maximum atomic E-state index is 14.1. The lowest BCUT2D eigenvalue weighted by molar-refractivity contribution is 0.0975. The Morgan fingerprint density at radius 2 is 1.46 bits per heavy atom. The van der Waals surface area contributed by atoms with Gasteiger partial charge in [0.15, 0.2) is 0 Å². The molecular weight excluding hydrogens is 622 g/mol. The summed E-state index contributed by atoms with van der Waals surface area (Å²) >= 11 is 6.67. The second-order valence-electron chi connectivity index (χ2n) is 10.8. The molecule has 2 amide bonds. The van der Waals surface area contributed by atoms with E-state index in [1.54, 1.807) is 60.7 Å². The molecule has 5 aromatic rings. The molecular formula is C36H30ClN3O5S. The third-order valence-corrected chi connectivity index (χ3v) is 10.2. The Kier molecular flexibility index (Phi) is 9.01. The van der Waals surface area contributed by atoms with Crippen molar-refractivity contribution in [2.75, 3.05) is 23.4 Å². The molecule has 0 saturated carbocycles. The molecule has 1 aliphatic rings. The van der Waals surface area contributed by atoms with E-state index in [9.17, 15) is 23.1 Å². The number of hydrogen-bond donors (Lipinski definition) is 2. The molecule has 46 heavy (non-hydrogen) atoms. The molecule has 1 atom stereocenters. The van der Waals surface area contributed by atoms with Gasteiger partial charge < -0.3 is 15.3 Å². The fraction of sp³-hybridized carbons (Fsp3) is 0.111. The minimum absolute atomic E-state index is 0.0361. The number of sulfonamides is 1. The van der Waals surface area contributed by atoms with Crippen LogP contribution in [0, 0.1) is 0 Å². The normalized spacial score (nSPS) is 15.1. The number of rotatable bonds is 7. The Morgan fingerprint density at radius 1 is 0.804 bits per heavy atom. The molecule has 0 saturated heterocycles. The van der Waals surface area contributed by atoms with Gasteiger partial charge in [0.1, 0.15) is 0 Å². The third kappa shape index (κ3) is 6.18. The molecule has 0 bridgehead atoms. The van der Waals surface area contributed by atoms with Crippen LogP contribution in [0.1, 0.15) is 26.3 Å². The number of amides is 2. The molecule has 232 valence electrons. The van der Waals surface area contributed by atoms with Gasteiger partial charge in [-0.2, -0.15) is 4.31 Å². The summed E-state index contributed by atoms with van der Waals surface area (Å²) in [5.41, 5.74) is 3.85. The average Bonchev–Trinajstić information content (AvgIpc) is 3.26. The van der Waals surface area contributed by atoms with Crippen LogP contribution >= 0.6 is 11.6 Å². The minimum atomic E-state index is -4.00. The van der Waals surface area contributed by atoms with Crippen LogP contribution in [-0.2, 0) is 16.6 Å². The van der Waals surface area contributed by atoms with Gasteiger partial charge in [-0.1, -0.05) is 96.5 Å². The molecule has 5 aromatic carbocycles. The number of fused-ring (bicyclic) bond motifs is 1. The first-order chi connectivity index (χ1) is 22.3. The number of aliphatic hydroxyl groups is 1. The Hall–Kier alpha value is -4.80. The summed E-state index contributed by atoms with van der Waals surface area (Å²) in [5, 5.41) is 13.4. The first-order valence-corrected chi connectivity index (χ1v) is 16.4. The molecule has 10 heteroatoms. The van der Waals surface area contributed by atoms with Gasteiger partial charge in [0.2, 0.25) is 10.0 Å². The van der Waals surface area contributed by atoms with Crippen LogP contribution in [0.5, 0.6) is 0 Å². The van der Waals surface area contributed by atoms with E-state index >= 15 is 0 Å². The van der Waals surface area contributed by atoms with Crippen LogP contribution in [0.25, 0.3) is 11.1 Å². The lowest BCUT2D eigenvalue weighted by Gasteiger charge is -2.30. The highest BCUT2D eigenvalue weighted by molar-refractivity contribution is 7.89. The molecule has 0 aromatic heterocycles. The zero-order valence-corrected chi connectivity index (χ0v) is 26.2. The van der Waals surface area contributed by atoms with Crippen molar-refractivity contribution < 1.29 is 23.1 Å². The van der Waals surface area contributed by atoms with Gasteiger partial charge in [-0.25, -0.2) is 8.42 Å². The highest BCUT2D eigenvalue weighted by Crippen LogP contribution is 2.33. The Bertz CT molecular complexity index is 2010. The highest BCUT2D eigenvalue weighted by atomic mass is 35.5. The lowest BCUT2D eigenvalue weighted by atomic mass is 9.99. The fourth-order valence-electron chi connectivity index (χ4n) is 5.62. The van der Waals surface area contributed by atoms with Crippen LogP contribution in [0.3, 0.4) is 0 Å². The molecule has 0 unspecified atom stereocenters. The smallest absolute Gasteiger partial charge is 0.259 e. The van der Waals surface area contributed by atoms with E-state index < -0.39 is 28.6 Å². The van der Waals surface area contributed by atoms with E-state index in [0.29, 0.717) is 22.5 Å². The number of anilines is 2. The van der Waals surface area contributed by atoms with Gasteiger partial charge in [-0.05, 0) is 59.2 Å². The summed E-state index contributed by atoms with van der Waals surface area (Å²) < 4.78 is 28.6. The molecule has 8 nitrogen and oxygen atoms in total. The average molecular weight is 652 g/mol. The van der Waals surface area contributed by atoms with Gasteiger partial charge in [0.05, 0.1) is 28.1 Å². The van der Waals surface area contributed by atoms with Crippen LogP contribution in [-0.4, -0.2) is 48.8 Å². The Labute approximate surface area is 272 Å². The number of para-hydroxylation sites is 1. The van der Waals surface area contributed by atoms with Crippen LogP contribution in [0.2, 0.25) is 5.02 Å². The SMILES string of the molecule is O=C(Nc1ccc(C(=O)N2C[C@@H](CO)N(S(=O)(=O)c3ccccc3)Cc3ccccc32)c(Cl)c1)c1ccccc1-c1ccccc1. The number of carbonyl (C=O) groups excluding carboxylic acids is 2. The second kappa shape index (κ2) is 13.3. The molecule has 6 rings (SSSR count). The predicted molar refractivity (Wildman–Crippen MR) is 179 cm³/mol. The lowest BCUT2D eigenvalue weighted by Crippen LogP contribution is -2.48. The van der Waals surface area contributed by atoms with Crippen molar-refractivity contribution in [3.8, 4) is 11.1 Å². The largest absolute Gasteiger partial charge is 0.395 e. The second-order valence-corrected chi connectivity index (χ2v) is 13.1. The summed E-state index contributed by atoms with van der Waals surface area (Å²) in [4.78, 5) is 29.0. The van der Waals surface area contributed by atoms with Gasteiger partial charge in [-0.3, -0.25) is 9.59 Å². The van der Waals surface area contributed by atoms with Crippen molar-refractivity contribution in [1.82, 2.24) is 4.31 Å². The summed E-state index contributed by atoms with van der Waals surface area (Å²) in [6, 6.07) is 35.6. The number of nitrogens with one attached hydrogen (secondary N) is 1. The van der Waals surface area contributed by atoms with Crippen LogP contribution in [0.4, 0.5) is 11.4 Å². The number of halogens is 1. The molecule has 0 radical (unpaired) electrons. The topological polar surface area (TPSA) is 107 Å². The predicted octanol–water partition coefficient (Wildman–Crippen LogP) is 6.47. The maximum Gasteiger partial charge on any atom is 0.259 e. The van der Waals surface area contributed by atoms with E-state index in [0.717, 1.165) is 11.1 Å². The zero-order valence-electron chi connectivity index (χ0n) is 24.6. The molecule has 1 aliphatic heterocycles. The number of carbonyl (C=O) groups is 2. The van der Waals surface area contributed by atoms with Crippen molar-refractivity contribution in [1.29, 1.82) is 0 Å². The van der Waals surface area contributed by atoms with Crippen molar-refractivity contribution in [3.63, 3.8) is 0 Å². The number of nitrogens with zero attached hydrogens (tertiary/aromatic N) is 2. The molecule has 0 aliphatic carbocycles. The van der Waals surface area contributed by atoms with Crippen molar-refractivity contribution >= 4 is 44.8 Å². The highest BCUT2D eigenvalue weighted by Gasteiger charge is 2.38. The summed E-state index contributed by atoms with van der Waals surface area (Å²) in [6.07, 6.45) is 0. The first kappa shape index (κ1) is 31.2. The number of aliphatic hydroxyl groups excluding tert-OH is 1. The van der Waals surface area contributed by atoms with Gasteiger partial charge >= 0.3 is 0 Å². The Morgan fingerprint density at radius 3 is 2.17 bits per heavy atom. The minimum Gasteiger partial charge on any atom is -0.395 e. The summed E-state index contributed by atoms with van der Waals surface area (Å²) in [7, 11) is -4.00. The van der Waals surface area contributed by atoms with Crippen LogP contribution < -0.4 is 10.2 Å². The zero-order chi connectivity index (χ0) is 32.3. The van der Waals surface area contributed by atoms with Crippen molar-refractivity contribution in [2.45, 2.75) is 17.5 Å². The quantitative estimate of drug-likeness (QED) is 0.210. The van der Waals surface area contributed by atoms with Gasteiger partial charge in [-0.15, -0.1) is 0 Å². The molecule has 2 N–H and O–H groups in total. The van der Waals surface area contributed by atoms with E-state index in [1.807, 2.05) is 42.5 Å². The monoisotopic (exact) mass is 651 g/mol. The standard InChI is InChI=1S/C36H30ClN3O5S/c37-33-21-27(38-35(42)31-17-9-8-16-30(31)25-11-3-1-4-12-25)19-20-32(33)36(43)39-23-28(24-41)40(22-26-13-7-10-18-34(26)39)46(44,45)29-14-5-2-6-15-29/h1-21,28,41H,22-24H2,(H,38,42)/t28-/m0/s1. The van der Waals surface area contributed by atoms with Crippen LogP contribution in [0.15, 0.2) is 132 Å². The molecule has 1 heterocycles. The van der Waals surface area contributed by atoms with E-state index in [1.165, 1.54) is 33.5 Å².